The van der Waals surface area contributed by atoms with E-state index in [4.69, 9.17) is 21.7 Å². The molecule has 1 N–H and O–H groups in total. The molecule has 6 nitrogen and oxygen atoms in total. The van der Waals surface area contributed by atoms with Crippen LogP contribution in [0.1, 0.15) is 13.8 Å². The van der Waals surface area contributed by atoms with Crippen molar-refractivity contribution in [1.82, 2.24) is 14.8 Å². The number of hydrogen-bond acceptors (Lipinski definition) is 5. The molecular formula is C19H19F2N3O3S. The summed E-state index contributed by atoms with van der Waals surface area (Å²) in [6, 6.07) is 12.0. The van der Waals surface area contributed by atoms with Crippen molar-refractivity contribution >= 4 is 12.2 Å². The first-order valence-electron chi connectivity index (χ1n) is 8.66. The van der Waals surface area contributed by atoms with Gasteiger partial charge in [-0.1, -0.05) is 0 Å². The number of halogens is 2. The highest BCUT2D eigenvalue weighted by molar-refractivity contribution is 7.71. The molecule has 0 atom stereocenters. The van der Waals surface area contributed by atoms with Crippen LogP contribution in [-0.4, -0.2) is 34.6 Å². The predicted octanol–water partition coefficient (Wildman–Crippen LogP) is 5.00. The van der Waals surface area contributed by atoms with Crippen molar-refractivity contribution in [2.75, 3.05) is 13.2 Å². The number of alkyl halides is 2. The first kappa shape index (κ1) is 19.8. The molecule has 1 aromatic heterocycles. The summed E-state index contributed by atoms with van der Waals surface area (Å²) in [6.07, 6.45) is 0. The fourth-order valence-corrected chi connectivity index (χ4v) is 2.93. The minimum absolute atomic E-state index is 0.0395. The third-order valence-electron chi connectivity index (χ3n) is 3.80. The normalized spacial score (nSPS) is 10.9. The van der Waals surface area contributed by atoms with E-state index in [1.54, 1.807) is 23.6 Å². The van der Waals surface area contributed by atoms with Crippen LogP contribution in [0.3, 0.4) is 0 Å². The second-order valence-corrected chi connectivity index (χ2v) is 5.97. The highest BCUT2D eigenvalue weighted by atomic mass is 32.1. The zero-order chi connectivity index (χ0) is 20.1. The van der Waals surface area contributed by atoms with Gasteiger partial charge in [-0.05, 0) is 68.5 Å². The van der Waals surface area contributed by atoms with Crippen molar-refractivity contribution in [2.24, 2.45) is 0 Å². The number of rotatable bonds is 8. The van der Waals surface area contributed by atoms with Gasteiger partial charge in [0.25, 0.3) is 0 Å². The van der Waals surface area contributed by atoms with E-state index >= 15 is 0 Å². The maximum absolute atomic E-state index is 12.6. The fourth-order valence-electron chi connectivity index (χ4n) is 2.70. The largest absolute Gasteiger partial charge is 0.494 e. The predicted molar refractivity (Wildman–Crippen MR) is 103 cm³/mol. The second-order valence-electron chi connectivity index (χ2n) is 5.59. The topological polar surface area (TPSA) is 61.3 Å². The Morgan fingerprint density at radius 1 is 1.04 bits per heavy atom. The van der Waals surface area contributed by atoms with E-state index in [0.29, 0.717) is 29.4 Å². The minimum atomic E-state index is -2.94. The second kappa shape index (κ2) is 8.83. The van der Waals surface area contributed by atoms with Crippen LogP contribution in [0, 0.1) is 4.77 Å². The van der Waals surface area contributed by atoms with Gasteiger partial charge in [-0.3, -0.25) is 9.67 Å². The standard InChI is InChI=1S/C19H19F2N3O3S/c1-3-25-14-8-6-13(7-9-14)24-17(22-23-19(24)28)12-5-10-15(27-18(20)21)16(11-12)26-4-2/h5-11,18H,3-4H2,1-2H3,(H,23,28). The molecule has 0 fully saturated rings. The van der Waals surface area contributed by atoms with E-state index in [0.717, 1.165) is 11.4 Å². The van der Waals surface area contributed by atoms with Crippen LogP contribution in [0.15, 0.2) is 42.5 Å². The highest BCUT2D eigenvalue weighted by Crippen LogP contribution is 2.34. The molecule has 2 aromatic carbocycles. The van der Waals surface area contributed by atoms with Gasteiger partial charge in [0, 0.05) is 5.56 Å². The van der Waals surface area contributed by atoms with Crippen LogP contribution < -0.4 is 14.2 Å². The van der Waals surface area contributed by atoms with Crippen molar-refractivity contribution in [3.05, 3.63) is 47.2 Å². The number of H-pyrrole nitrogens is 1. The van der Waals surface area contributed by atoms with E-state index in [1.807, 2.05) is 31.2 Å². The first-order chi connectivity index (χ1) is 13.5. The van der Waals surface area contributed by atoms with Gasteiger partial charge in [-0.25, -0.2) is 0 Å². The molecule has 0 unspecified atom stereocenters. The molecule has 0 spiro atoms. The van der Waals surface area contributed by atoms with E-state index < -0.39 is 6.61 Å². The SMILES string of the molecule is CCOc1ccc(-n2c(-c3ccc(OC(F)F)c(OCC)c3)n[nH]c2=S)cc1. The molecule has 1 heterocycles. The summed E-state index contributed by atoms with van der Waals surface area (Å²) in [7, 11) is 0. The first-order valence-corrected chi connectivity index (χ1v) is 9.07. The van der Waals surface area contributed by atoms with Gasteiger partial charge in [0.05, 0.1) is 18.9 Å². The van der Waals surface area contributed by atoms with Crippen molar-refractivity contribution < 1.29 is 23.0 Å². The Hall–Kier alpha value is -2.94. The van der Waals surface area contributed by atoms with Crippen molar-refractivity contribution in [2.45, 2.75) is 20.5 Å². The van der Waals surface area contributed by atoms with E-state index in [2.05, 4.69) is 14.9 Å². The van der Waals surface area contributed by atoms with E-state index in [1.165, 1.54) is 6.07 Å². The molecule has 0 saturated heterocycles. The van der Waals surface area contributed by atoms with Crippen LogP contribution in [-0.2, 0) is 0 Å². The van der Waals surface area contributed by atoms with Crippen molar-refractivity contribution in [3.63, 3.8) is 0 Å². The Morgan fingerprint density at radius 2 is 1.75 bits per heavy atom. The summed E-state index contributed by atoms with van der Waals surface area (Å²) in [5.41, 5.74) is 1.41. The number of nitrogens with one attached hydrogen (secondary N) is 1. The fraction of sp³-hybridized carbons (Fsp3) is 0.263. The molecule has 148 valence electrons. The van der Waals surface area contributed by atoms with Gasteiger partial charge in [0.1, 0.15) is 5.75 Å². The molecule has 3 rings (SSSR count). The zero-order valence-electron chi connectivity index (χ0n) is 15.3. The molecule has 0 aliphatic carbocycles. The minimum Gasteiger partial charge on any atom is -0.494 e. The van der Waals surface area contributed by atoms with Crippen LogP contribution in [0.5, 0.6) is 17.2 Å². The smallest absolute Gasteiger partial charge is 0.387 e. The Bertz CT molecular complexity index is 987. The average Bonchev–Trinajstić information content (AvgIpc) is 3.05. The van der Waals surface area contributed by atoms with Crippen molar-refractivity contribution in [3.8, 4) is 34.3 Å². The number of aromatic amines is 1. The van der Waals surface area contributed by atoms with Crippen LogP contribution in [0.25, 0.3) is 17.1 Å². The maximum Gasteiger partial charge on any atom is 0.387 e. The molecule has 0 aliphatic rings. The summed E-state index contributed by atoms with van der Waals surface area (Å²) in [5, 5.41) is 7.05. The van der Waals surface area contributed by atoms with Crippen LogP contribution in [0.2, 0.25) is 0 Å². The highest BCUT2D eigenvalue weighted by Gasteiger charge is 2.16. The molecule has 0 bridgehead atoms. The Kier molecular flexibility index (Phi) is 6.25. The lowest BCUT2D eigenvalue weighted by molar-refractivity contribution is -0.0514. The number of ether oxygens (including phenoxy) is 3. The number of benzene rings is 2. The quantitative estimate of drug-likeness (QED) is 0.533. The monoisotopic (exact) mass is 407 g/mol. The van der Waals surface area contributed by atoms with Crippen LogP contribution in [0.4, 0.5) is 8.78 Å². The number of aromatic nitrogens is 3. The van der Waals surface area contributed by atoms with Gasteiger partial charge in [0.15, 0.2) is 22.1 Å². The lowest BCUT2D eigenvalue weighted by Gasteiger charge is -2.13. The molecule has 0 aliphatic heterocycles. The molecule has 0 amide bonds. The molecule has 28 heavy (non-hydrogen) atoms. The molecular weight excluding hydrogens is 388 g/mol. The third-order valence-corrected chi connectivity index (χ3v) is 4.07. The lowest BCUT2D eigenvalue weighted by Crippen LogP contribution is -2.05. The molecule has 0 radical (unpaired) electrons. The third kappa shape index (κ3) is 4.30. The Labute approximate surface area is 165 Å². The summed E-state index contributed by atoms with van der Waals surface area (Å²) < 4.78 is 42.8. The van der Waals surface area contributed by atoms with Gasteiger partial charge in [-0.15, -0.1) is 0 Å². The van der Waals surface area contributed by atoms with Gasteiger partial charge >= 0.3 is 6.61 Å². The lowest BCUT2D eigenvalue weighted by atomic mass is 10.2. The Morgan fingerprint density at radius 3 is 2.39 bits per heavy atom. The molecule has 0 saturated carbocycles. The maximum atomic E-state index is 12.6. The van der Waals surface area contributed by atoms with Gasteiger partial charge in [0.2, 0.25) is 0 Å². The van der Waals surface area contributed by atoms with E-state index in [-0.39, 0.29) is 11.5 Å². The summed E-state index contributed by atoms with van der Waals surface area (Å²) in [4.78, 5) is 0. The summed E-state index contributed by atoms with van der Waals surface area (Å²) in [6.45, 7) is 1.60. The van der Waals surface area contributed by atoms with Gasteiger partial charge in [-0.2, -0.15) is 13.9 Å². The van der Waals surface area contributed by atoms with Crippen molar-refractivity contribution in [1.29, 1.82) is 0 Å². The average molecular weight is 407 g/mol. The van der Waals surface area contributed by atoms with Gasteiger partial charge < -0.3 is 14.2 Å². The molecule has 9 heteroatoms. The zero-order valence-corrected chi connectivity index (χ0v) is 16.1. The van der Waals surface area contributed by atoms with Crippen LogP contribution >= 0.6 is 12.2 Å². The number of hydrogen-bond donors (Lipinski definition) is 1. The van der Waals surface area contributed by atoms with E-state index in [9.17, 15) is 8.78 Å². The summed E-state index contributed by atoms with van der Waals surface area (Å²) >= 11 is 5.36. The summed E-state index contributed by atoms with van der Waals surface area (Å²) in [5.74, 6) is 1.42. The Balaban J connectivity index is 2.03. The number of nitrogens with zero attached hydrogens (tertiary/aromatic N) is 2. The molecule has 3 aromatic rings.